The number of ether oxygens (including phenoxy) is 2. The highest BCUT2D eigenvalue weighted by molar-refractivity contribution is 9.10. The van der Waals surface area contributed by atoms with Gasteiger partial charge in [0, 0.05) is 10.2 Å². The van der Waals surface area contributed by atoms with E-state index in [1.807, 2.05) is 54.6 Å². The topological polar surface area (TPSA) is 76.7 Å². The van der Waals surface area contributed by atoms with Crippen molar-refractivity contribution in [3.05, 3.63) is 75.9 Å². The van der Waals surface area contributed by atoms with Crippen molar-refractivity contribution < 1.29 is 19.1 Å². The largest absolute Gasteiger partial charge is 0.490 e. The molecule has 1 heterocycles. The SMILES string of the molecule is CC1=C(C(=O)OCCOc2ccccc2)[C@@H](c2ccccc2Br)NC(=O)N1. The zero-order valence-corrected chi connectivity index (χ0v) is 16.3. The first-order valence-corrected chi connectivity index (χ1v) is 9.23. The van der Waals surface area contributed by atoms with E-state index in [-0.39, 0.29) is 19.2 Å². The minimum absolute atomic E-state index is 0.0983. The number of rotatable bonds is 6. The Bertz CT molecular complexity index is 867. The number of amides is 2. The summed E-state index contributed by atoms with van der Waals surface area (Å²) < 4.78 is 11.7. The van der Waals surface area contributed by atoms with Crippen LogP contribution < -0.4 is 15.4 Å². The van der Waals surface area contributed by atoms with Gasteiger partial charge in [0.2, 0.25) is 0 Å². The maximum absolute atomic E-state index is 12.7. The van der Waals surface area contributed by atoms with Gasteiger partial charge in [0.05, 0.1) is 11.6 Å². The molecule has 2 N–H and O–H groups in total. The number of nitrogens with one attached hydrogen (secondary N) is 2. The Labute approximate surface area is 165 Å². The molecule has 1 aliphatic heterocycles. The Morgan fingerprint density at radius 2 is 1.78 bits per heavy atom. The zero-order valence-electron chi connectivity index (χ0n) is 14.7. The lowest BCUT2D eigenvalue weighted by Gasteiger charge is -2.28. The van der Waals surface area contributed by atoms with Gasteiger partial charge in [-0.2, -0.15) is 0 Å². The molecule has 0 saturated heterocycles. The molecule has 2 amide bonds. The molecule has 7 heteroatoms. The minimum atomic E-state index is -0.600. The van der Waals surface area contributed by atoms with Crippen molar-refractivity contribution in [1.82, 2.24) is 10.6 Å². The Morgan fingerprint density at radius 1 is 1.07 bits per heavy atom. The summed E-state index contributed by atoms with van der Waals surface area (Å²) in [5, 5.41) is 5.41. The standard InChI is InChI=1S/C20H19BrN2O4/c1-13-17(19(24)27-12-11-26-14-7-3-2-4-8-14)18(23-20(25)22-13)15-9-5-6-10-16(15)21/h2-10,18H,11-12H2,1H3,(H2,22,23,25)/t18-/m1/s1. The molecule has 0 bridgehead atoms. The summed E-state index contributed by atoms with van der Waals surface area (Å²) in [7, 11) is 0. The molecular formula is C20H19BrN2O4. The van der Waals surface area contributed by atoms with E-state index in [4.69, 9.17) is 9.47 Å². The van der Waals surface area contributed by atoms with Crippen LogP contribution in [0.25, 0.3) is 0 Å². The van der Waals surface area contributed by atoms with Crippen LogP contribution in [-0.2, 0) is 9.53 Å². The predicted molar refractivity (Wildman–Crippen MR) is 104 cm³/mol. The highest BCUT2D eigenvalue weighted by Crippen LogP contribution is 2.32. The van der Waals surface area contributed by atoms with Crippen LogP contribution in [0.1, 0.15) is 18.5 Å². The molecule has 2 aromatic carbocycles. The third-order valence-corrected chi connectivity index (χ3v) is 4.76. The smallest absolute Gasteiger partial charge is 0.338 e. The molecule has 0 aromatic heterocycles. The van der Waals surface area contributed by atoms with E-state index >= 15 is 0 Å². The van der Waals surface area contributed by atoms with Crippen molar-refractivity contribution >= 4 is 27.9 Å². The van der Waals surface area contributed by atoms with Crippen LogP contribution in [0, 0.1) is 0 Å². The van der Waals surface area contributed by atoms with E-state index in [9.17, 15) is 9.59 Å². The van der Waals surface area contributed by atoms with Crippen molar-refractivity contribution in [2.24, 2.45) is 0 Å². The summed E-state index contributed by atoms with van der Waals surface area (Å²) in [6, 6.07) is 15.8. The van der Waals surface area contributed by atoms with Gasteiger partial charge in [0.25, 0.3) is 0 Å². The summed E-state index contributed by atoms with van der Waals surface area (Å²) in [5.74, 6) is 0.207. The Morgan fingerprint density at radius 3 is 2.52 bits per heavy atom. The van der Waals surface area contributed by atoms with Gasteiger partial charge in [-0.3, -0.25) is 0 Å². The van der Waals surface area contributed by atoms with E-state index in [0.29, 0.717) is 17.0 Å². The summed E-state index contributed by atoms with van der Waals surface area (Å²) in [6.07, 6.45) is 0. The van der Waals surface area contributed by atoms with Gasteiger partial charge < -0.3 is 20.1 Å². The van der Waals surface area contributed by atoms with Crippen molar-refractivity contribution in [1.29, 1.82) is 0 Å². The fourth-order valence-electron chi connectivity index (χ4n) is 2.80. The lowest BCUT2D eigenvalue weighted by atomic mass is 9.95. The molecule has 1 atom stereocenters. The lowest BCUT2D eigenvalue weighted by molar-refractivity contribution is -0.140. The number of urea groups is 1. The number of carbonyl (C=O) groups excluding carboxylic acids is 2. The Kier molecular flexibility index (Phi) is 6.13. The van der Waals surface area contributed by atoms with Crippen LogP contribution in [0.2, 0.25) is 0 Å². The number of hydrogen-bond acceptors (Lipinski definition) is 4. The van der Waals surface area contributed by atoms with Gasteiger partial charge in [0.1, 0.15) is 19.0 Å². The molecule has 0 aliphatic carbocycles. The molecule has 0 saturated carbocycles. The van der Waals surface area contributed by atoms with Crippen molar-refractivity contribution in [3.63, 3.8) is 0 Å². The zero-order chi connectivity index (χ0) is 19.2. The maximum atomic E-state index is 12.7. The molecule has 0 radical (unpaired) electrons. The molecule has 1 aliphatic rings. The first-order valence-electron chi connectivity index (χ1n) is 8.44. The molecule has 140 valence electrons. The molecular weight excluding hydrogens is 412 g/mol. The fraction of sp³-hybridized carbons (Fsp3) is 0.200. The van der Waals surface area contributed by atoms with Crippen molar-refractivity contribution in [3.8, 4) is 5.75 Å². The summed E-state index contributed by atoms with van der Waals surface area (Å²) in [4.78, 5) is 24.6. The van der Waals surface area contributed by atoms with Crippen LogP contribution in [0.3, 0.4) is 0 Å². The number of esters is 1. The first kappa shape index (κ1) is 19.0. The number of hydrogen-bond donors (Lipinski definition) is 2. The average molecular weight is 431 g/mol. The van der Waals surface area contributed by atoms with Gasteiger partial charge in [-0.05, 0) is 30.7 Å². The molecule has 0 unspecified atom stereocenters. The van der Waals surface area contributed by atoms with Gasteiger partial charge in [-0.1, -0.05) is 52.3 Å². The van der Waals surface area contributed by atoms with Crippen molar-refractivity contribution in [2.45, 2.75) is 13.0 Å². The molecule has 0 spiro atoms. The summed E-state index contributed by atoms with van der Waals surface area (Å²) in [5.41, 5.74) is 1.61. The monoisotopic (exact) mass is 430 g/mol. The van der Waals surface area contributed by atoms with Crippen LogP contribution in [0.4, 0.5) is 4.79 Å². The van der Waals surface area contributed by atoms with Gasteiger partial charge >= 0.3 is 12.0 Å². The van der Waals surface area contributed by atoms with E-state index in [2.05, 4.69) is 26.6 Å². The normalized spacial score (nSPS) is 16.4. The quantitative estimate of drug-likeness (QED) is 0.540. The average Bonchev–Trinajstić information content (AvgIpc) is 2.65. The molecule has 6 nitrogen and oxygen atoms in total. The van der Waals surface area contributed by atoms with Gasteiger partial charge in [-0.15, -0.1) is 0 Å². The number of halogens is 1. The van der Waals surface area contributed by atoms with E-state index < -0.39 is 12.0 Å². The van der Waals surface area contributed by atoms with Gasteiger partial charge in [0.15, 0.2) is 0 Å². The maximum Gasteiger partial charge on any atom is 0.338 e. The van der Waals surface area contributed by atoms with Gasteiger partial charge in [-0.25, -0.2) is 9.59 Å². The van der Waals surface area contributed by atoms with Crippen LogP contribution in [0.5, 0.6) is 5.75 Å². The third kappa shape index (κ3) is 4.68. The number of carbonyl (C=O) groups is 2. The molecule has 0 fully saturated rings. The highest BCUT2D eigenvalue weighted by atomic mass is 79.9. The predicted octanol–water partition coefficient (Wildman–Crippen LogP) is 3.70. The van der Waals surface area contributed by atoms with Crippen LogP contribution >= 0.6 is 15.9 Å². The summed E-state index contributed by atoms with van der Waals surface area (Å²) >= 11 is 3.47. The number of allylic oxidation sites excluding steroid dienone is 1. The summed E-state index contributed by atoms with van der Waals surface area (Å²) in [6.45, 7) is 2.02. The minimum Gasteiger partial charge on any atom is -0.490 e. The highest BCUT2D eigenvalue weighted by Gasteiger charge is 2.33. The second kappa shape index (κ2) is 8.73. The first-order chi connectivity index (χ1) is 13.1. The number of para-hydroxylation sites is 1. The van der Waals surface area contributed by atoms with Crippen LogP contribution in [0.15, 0.2) is 70.3 Å². The molecule has 27 heavy (non-hydrogen) atoms. The van der Waals surface area contributed by atoms with E-state index in [1.54, 1.807) is 6.92 Å². The molecule has 2 aromatic rings. The Balaban J connectivity index is 1.69. The molecule has 3 rings (SSSR count). The second-order valence-electron chi connectivity index (χ2n) is 5.89. The second-order valence-corrected chi connectivity index (χ2v) is 6.74. The fourth-order valence-corrected chi connectivity index (χ4v) is 3.31. The van der Waals surface area contributed by atoms with E-state index in [1.165, 1.54) is 0 Å². The lowest BCUT2D eigenvalue weighted by Crippen LogP contribution is -2.45. The number of benzene rings is 2. The van der Waals surface area contributed by atoms with Crippen LogP contribution in [-0.4, -0.2) is 25.2 Å². The third-order valence-electron chi connectivity index (χ3n) is 4.03. The Hall–Kier alpha value is -2.80. The van der Waals surface area contributed by atoms with E-state index in [0.717, 1.165) is 10.0 Å². The van der Waals surface area contributed by atoms with Crippen molar-refractivity contribution in [2.75, 3.05) is 13.2 Å².